The molecule has 0 fully saturated rings. The molecule has 1 aliphatic rings. The fraction of sp³-hybridized carbons (Fsp3) is 0. The van der Waals surface area contributed by atoms with E-state index < -0.39 is 0 Å². The normalized spacial score (nSPS) is 12.3. The van der Waals surface area contributed by atoms with Gasteiger partial charge in [-0.1, -0.05) is 133 Å². The van der Waals surface area contributed by atoms with Crippen molar-refractivity contribution in [2.24, 2.45) is 0 Å². The Kier molecular flexibility index (Phi) is 4.84. The molecule has 3 nitrogen and oxygen atoms in total. The molecular formula is C44H25N3. The van der Waals surface area contributed by atoms with Crippen molar-refractivity contribution in [1.82, 2.24) is 14.5 Å². The van der Waals surface area contributed by atoms with E-state index in [2.05, 4.69) is 156 Å². The van der Waals surface area contributed by atoms with Crippen LogP contribution in [0.1, 0.15) is 0 Å². The monoisotopic (exact) mass is 595 g/mol. The van der Waals surface area contributed by atoms with Crippen molar-refractivity contribution in [2.75, 3.05) is 0 Å². The van der Waals surface area contributed by atoms with Gasteiger partial charge in [-0.3, -0.25) is 4.57 Å². The van der Waals surface area contributed by atoms with Crippen molar-refractivity contribution < 1.29 is 0 Å². The molecule has 1 aliphatic carbocycles. The minimum absolute atomic E-state index is 0.841. The molecule has 10 aromatic rings. The summed E-state index contributed by atoms with van der Waals surface area (Å²) >= 11 is 0. The molecule has 11 rings (SSSR count). The second-order valence-corrected chi connectivity index (χ2v) is 12.5. The molecule has 2 aromatic heterocycles. The molecule has 2 heterocycles. The topological polar surface area (TPSA) is 30.7 Å². The molecule has 216 valence electrons. The quantitative estimate of drug-likeness (QED) is 0.186. The van der Waals surface area contributed by atoms with Gasteiger partial charge in [0, 0.05) is 21.7 Å². The highest BCUT2D eigenvalue weighted by atomic mass is 15.1. The summed E-state index contributed by atoms with van der Waals surface area (Å²) in [7, 11) is 0. The molecule has 8 aromatic carbocycles. The molecule has 0 N–H and O–H groups in total. The maximum atomic E-state index is 5.62. The van der Waals surface area contributed by atoms with Gasteiger partial charge in [-0.25, -0.2) is 9.97 Å². The van der Waals surface area contributed by atoms with Gasteiger partial charge in [0.2, 0.25) is 0 Å². The largest absolute Gasteiger partial charge is 0.292 e. The third-order valence-corrected chi connectivity index (χ3v) is 10.1. The van der Waals surface area contributed by atoms with Crippen LogP contribution >= 0.6 is 0 Å². The van der Waals surface area contributed by atoms with E-state index in [-0.39, 0.29) is 0 Å². The first kappa shape index (κ1) is 24.9. The lowest BCUT2D eigenvalue weighted by Gasteiger charge is -2.17. The van der Waals surface area contributed by atoms with E-state index >= 15 is 0 Å². The van der Waals surface area contributed by atoms with Crippen LogP contribution in [-0.2, 0) is 0 Å². The van der Waals surface area contributed by atoms with Gasteiger partial charge in [0.05, 0.1) is 22.1 Å². The van der Waals surface area contributed by atoms with Gasteiger partial charge in [-0.05, 0) is 67.4 Å². The number of hydrogen-bond acceptors (Lipinski definition) is 2. The average Bonchev–Trinajstić information content (AvgIpc) is 3.42. The van der Waals surface area contributed by atoms with E-state index in [0.29, 0.717) is 0 Å². The van der Waals surface area contributed by atoms with E-state index in [1.165, 1.54) is 49.2 Å². The third kappa shape index (κ3) is 3.30. The maximum Gasteiger partial charge on any atom is 0.165 e. The predicted octanol–water partition coefficient (Wildman–Crippen LogP) is 11.5. The average molecular weight is 596 g/mol. The van der Waals surface area contributed by atoms with Crippen molar-refractivity contribution in [3.63, 3.8) is 0 Å². The molecule has 0 unspecified atom stereocenters. The SMILES string of the molecule is c1ccc2c(c1)-c1cccc3ccc4c(c13)c1c-2cccc1n4-c1nc2c(ccc3ccccc32)nc1-c1cccc2ccccc12. The van der Waals surface area contributed by atoms with Gasteiger partial charge >= 0.3 is 0 Å². The molecule has 0 spiro atoms. The van der Waals surface area contributed by atoms with Crippen LogP contribution in [0.5, 0.6) is 0 Å². The van der Waals surface area contributed by atoms with Crippen molar-refractivity contribution in [2.45, 2.75) is 0 Å². The molecule has 0 amide bonds. The van der Waals surface area contributed by atoms with Crippen LogP contribution in [-0.4, -0.2) is 14.5 Å². The van der Waals surface area contributed by atoms with Gasteiger partial charge in [0.15, 0.2) is 5.82 Å². The lowest BCUT2D eigenvalue weighted by Crippen LogP contribution is -2.04. The molecule has 0 bridgehead atoms. The number of nitrogens with zero attached hydrogens (tertiary/aromatic N) is 3. The summed E-state index contributed by atoms with van der Waals surface area (Å²) in [5.74, 6) is 0.841. The first-order chi connectivity index (χ1) is 23.3. The fourth-order valence-corrected chi connectivity index (χ4v) is 8.11. The third-order valence-electron chi connectivity index (χ3n) is 10.1. The molecule has 47 heavy (non-hydrogen) atoms. The first-order valence-corrected chi connectivity index (χ1v) is 16.1. The molecule has 3 heteroatoms. The van der Waals surface area contributed by atoms with Gasteiger partial charge in [0.25, 0.3) is 0 Å². The molecule has 0 atom stereocenters. The summed E-state index contributed by atoms with van der Waals surface area (Å²) < 4.78 is 2.38. The van der Waals surface area contributed by atoms with Crippen molar-refractivity contribution in [3.8, 4) is 39.3 Å². The maximum absolute atomic E-state index is 5.62. The Morgan fingerprint density at radius 3 is 1.77 bits per heavy atom. The van der Waals surface area contributed by atoms with Crippen molar-refractivity contribution in [3.05, 3.63) is 152 Å². The summed E-state index contributed by atoms with van der Waals surface area (Å²) in [6.45, 7) is 0. The minimum Gasteiger partial charge on any atom is -0.292 e. The molecular weight excluding hydrogens is 571 g/mol. The predicted molar refractivity (Wildman–Crippen MR) is 196 cm³/mol. The number of aromatic nitrogens is 3. The van der Waals surface area contributed by atoms with Crippen LogP contribution in [0.3, 0.4) is 0 Å². The number of hydrogen-bond donors (Lipinski definition) is 0. The Labute approximate surface area is 270 Å². The lowest BCUT2D eigenvalue weighted by molar-refractivity contribution is 1.08. The second kappa shape index (κ2) is 9.12. The Bertz CT molecular complexity index is 2960. The lowest BCUT2D eigenvalue weighted by atomic mass is 9.93. The Hall–Kier alpha value is -6.32. The summed E-state index contributed by atoms with van der Waals surface area (Å²) in [6.07, 6.45) is 0. The fourth-order valence-electron chi connectivity index (χ4n) is 8.11. The molecule has 0 saturated carbocycles. The Morgan fingerprint density at radius 1 is 0.362 bits per heavy atom. The summed E-state index contributed by atoms with van der Waals surface area (Å²) in [6, 6.07) is 54.6. The second-order valence-electron chi connectivity index (χ2n) is 12.5. The van der Waals surface area contributed by atoms with Crippen LogP contribution in [0.25, 0.3) is 104 Å². The van der Waals surface area contributed by atoms with Crippen LogP contribution in [0.15, 0.2) is 152 Å². The smallest absolute Gasteiger partial charge is 0.165 e. The van der Waals surface area contributed by atoms with Crippen LogP contribution in [0.4, 0.5) is 0 Å². The Morgan fingerprint density at radius 2 is 0.936 bits per heavy atom. The number of fused-ring (bicyclic) bond motifs is 7. The summed E-state index contributed by atoms with van der Waals surface area (Å²) in [4.78, 5) is 11.1. The Balaban J connectivity index is 1.38. The minimum atomic E-state index is 0.841. The number of benzene rings is 8. The van der Waals surface area contributed by atoms with E-state index in [0.717, 1.165) is 55.3 Å². The van der Waals surface area contributed by atoms with Gasteiger partial charge in [-0.2, -0.15) is 0 Å². The van der Waals surface area contributed by atoms with E-state index in [9.17, 15) is 0 Å². The van der Waals surface area contributed by atoms with E-state index in [1.807, 2.05) is 0 Å². The highest BCUT2D eigenvalue weighted by molar-refractivity contribution is 6.30. The van der Waals surface area contributed by atoms with Gasteiger partial charge in [-0.15, -0.1) is 0 Å². The molecule has 0 saturated heterocycles. The van der Waals surface area contributed by atoms with Crippen molar-refractivity contribution in [1.29, 1.82) is 0 Å². The van der Waals surface area contributed by atoms with Crippen LogP contribution < -0.4 is 0 Å². The van der Waals surface area contributed by atoms with Crippen molar-refractivity contribution >= 4 is 65.2 Å². The number of rotatable bonds is 2. The standard InChI is InChI=1S/C44H25N3/c1-3-14-29-26(10-1)12-7-20-35(29)43-44(46-42-30-15-4-2-11-27(30)22-24-36(42)45-43)47-37-21-9-19-34-32-17-6-5-16-31(32)33-18-8-13-28-23-25-38(47)41(39(28)33)40(34)37/h1-25H. The highest BCUT2D eigenvalue weighted by Gasteiger charge is 2.27. The van der Waals surface area contributed by atoms with Crippen LogP contribution in [0, 0.1) is 0 Å². The first-order valence-electron chi connectivity index (χ1n) is 16.1. The highest BCUT2D eigenvalue weighted by Crippen LogP contribution is 2.50. The molecule has 0 radical (unpaired) electrons. The summed E-state index contributed by atoms with van der Waals surface area (Å²) in [5, 5.41) is 9.66. The van der Waals surface area contributed by atoms with E-state index in [4.69, 9.17) is 9.97 Å². The molecule has 0 aliphatic heterocycles. The zero-order chi connectivity index (χ0) is 30.6. The van der Waals surface area contributed by atoms with Crippen LogP contribution in [0.2, 0.25) is 0 Å². The summed E-state index contributed by atoms with van der Waals surface area (Å²) in [5.41, 5.74) is 11.1. The van der Waals surface area contributed by atoms with Gasteiger partial charge in [0.1, 0.15) is 5.69 Å². The van der Waals surface area contributed by atoms with Gasteiger partial charge < -0.3 is 0 Å². The zero-order valence-electron chi connectivity index (χ0n) is 25.3. The van der Waals surface area contributed by atoms with E-state index in [1.54, 1.807) is 0 Å². The zero-order valence-corrected chi connectivity index (χ0v) is 25.3.